The van der Waals surface area contributed by atoms with Gasteiger partial charge >= 0.3 is 0 Å². The Bertz CT molecular complexity index is 700. The van der Waals surface area contributed by atoms with Crippen LogP contribution >= 0.6 is 0 Å². The van der Waals surface area contributed by atoms with Crippen LogP contribution in [-0.4, -0.2) is 28.4 Å². The third-order valence-corrected chi connectivity index (χ3v) is 3.41. The SMILES string of the molecule is CC1=Nc2c(C)nn(-c3ccccc3)c2N(C)C(=O)C1. The van der Waals surface area contributed by atoms with E-state index >= 15 is 0 Å². The Labute approximate surface area is 117 Å². The van der Waals surface area contributed by atoms with Crippen molar-refractivity contribution in [3.8, 4) is 5.69 Å². The first kappa shape index (κ1) is 12.6. The molecule has 0 unspecified atom stereocenters. The second-order valence-electron chi connectivity index (χ2n) is 4.98. The van der Waals surface area contributed by atoms with E-state index in [0.29, 0.717) is 6.42 Å². The van der Waals surface area contributed by atoms with E-state index in [9.17, 15) is 4.79 Å². The Hall–Kier alpha value is -2.43. The number of carbonyl (C=O) groups excluding carboxylic acids is 1. The van der Waals surface area contributed by atoms with Gasteiger partial charge < -0.3 is 0 Å². The Morgan fingerprint density at radius 3 is 2.55 bits per heavy atom. The van der Waals surface area contributed by atoms with Crippen molar-refractivity contribution < 1.29 is 4.79 Å². The molecule has 2 aromatic rings. The number of para-hydroxylation sites is 1. The lowest BCUT2D eigenvalue weighted by molar-refractivity contribution is -0.117. The fraction of sp³-hybridized carbons (Fsp3) is 0.267. The number of rotatable bonds is 1. The molecule has 3 rings (SSSR count). The van der Waals surface area contributed by atoms with Crippen molar-refractivity contribution in [1.29, 1.82) is 0 Å². The first-order chi connectivity index (χ1) is 9.58. The summed E-state index contributed by atoms with van der Waals surface area (Å²) in [5, 5.41) is 4.54. The maximum atomic E-state index is 12.2. The van der Waals surface area contributed by atoms with Crippen LogP contribution in [0, 0.1) is 6.92 Å². The minimum absolute atomic E-state index is 0.0297. The smallest absolute Gasteiger partial charge is 0.233 e. The van der Waals surface area contributed by atoms with Crippen molar-refractivity contribution in [3.05, 3.63) is 36.0 Å². The first-order valence-electron chi connectivity index (χ1n) is 6.53. The van der Waals surface area contributed by atoms with Crippen molar-refractivity contribution in [2.45, 2.75) is 20.3 Å². The zero-order chi connectivity index (χ0) is 14.3. The van der Waals surface area contributed by atoms with Crippen LogP contribution in [0.15, 0.2) is 35.3 Å². The molecule has 0 saturated carbocycles. The highest BCUT2D eigenvalue weighted by molar-refractivity contribution is 6.10. The molecule has 5 nitrogen and oxygen atoms in total. The molecule has 0 spiro atoms. The summed E-state index contributed by atoms with van der Waals surface area (Å²) in [6.45, 7) is 3.79. The van der Waals surface area contributed by atoms with Crippen LogP contribution in [0.1, 0.15) is 19.0 Å². The molecule has 1 aromatic heterocycles. The van der Waals surface area contributed by atoms with E-state index in [1.807, 2.05) is 44.2 Å². The van der Waals surface area contributed by atoms with Crippen molar-refractivity contribution in [2.75, 3.05) is 11.9 Å². The molecule has 0 saturated heterocycles. The number of aryl methyl sites for hydroxylation is 1. The van der Waals surface area contributed by atoms with Gasteiger partial charge in [-0.2, -0.15) is 5.10 Å². The van der Waals surface area contributed by atoms with Gasteiger partial charge in [0.15, 0.2) is 5.82 Å². The highest BCUT2D eigenvalue weighted by Gasteiger charge is 2.26. The largest absolute Gasteiger partial charge is 0.298 e. The summed E-state index contributed by atoms with van der Waals surface area (Å²) < 4.78 is 1.78. The van der Waals surface area contributed by atoms with Crippen LogP contribution in [0.5, 0.6) is 0 Å². The molecule has 0 bridgehead atoms. The molecule has 0 radical (unpaired) electrons. The average Bonchev–Trinajstić information content (AvgIpc) is 2.70. The van der Waals surface area contributed by atoms with Crippen molar-refractivity contribution in [1.82, 2.24) is 9.78 Å². The van der Waals surface area contributed by atoms with E-state index in [1.165, 1.54) is 0 Å². The van der Waals surface area contributed by atoms with Crippen LogP contribution < -0.4 is 4.90 Å². The van der Waals surface area contributed by atoms with E-state index in [0.717, 1.165) is 28.6 Å². The Kier molecular flexibility index (Phi) is 2.89. The van der Waals surface area contributed by atoms with Gasteiger partial charge in [-0.15, -0.1) is 0 Å². The van der Waals surface area contributed by atoms with Gasteiger partial charge in [-0.1, -0.05) is 18.2 Å². The number of hydrogen-bond donors (Lipinski definition) is 0. The van der Waals surface area contributed by atoms with E-state index < -0.39 is 0 Å². The van der Waals surface area contributed by atoms with Crippen LogP contribution in [-0.2, 0) is 4.79 Å². The number of amides is 1. The molecule has 0 aliphatic carbocycles. The minimum atomic E-state index is 0.0297. The minimum Gasteiger partial charge on any atom is -0.298 e. The van der Waals surface area contributed by atoms with E-state index in [1.54, 1.807) is 16.6 Å². The maximum Gasteiger partial charge on any atom is 0.233 e. The Morgan fingerprint density at radius 1 is 1.15 bits per heavy atom. The molecule has 1 amide bonds. The van der Waals surface area contributed by atoms with Gasteiger partial charge in [0.1, 0.15) is 5.69 Å². The van der Waals surface area contributed by atoms with Gasteiger partial charge in [-0.05, 0) is 26.0 Å². The summed E-state index contributed by atoms with van der Waals surface area (Å²) in [4.78, 5) is 18.4. The zero-order valence-electron chi connectivity index (χ0n) is 11.8. The monoisotopic (exact) mass is 268 g/mol. The quantitative estimate of drug-likeness (QED) is 0.798. The zero-order valence-corrected chi connectivity index (χ0v) is 11.8. The van der Waals surface area contributed by atoms with Crippen LogP contribution in [0.2, 0.25) is 0 Å². The van der Waals surface area contributed by atoms with Gasteiger partial charge in [-0.25, -0.2) is 4.68 Å². The van der Waals surface area contributed by atoms with Crippen LogP contribution in [0.4, 0.5) is 11.5 Å². The Morgan fingerprint density at radius 2 is 1.85 bits per heavy atom. The normalized spacial score (nSPS) is 14.8. The maximum absolute atomic E-state index is 12.2. The topological polar surface area (TPSA) is 50.5 Å². The fourth-order valence-corrected chi connectivity index (χ4v) is 2.37. The Balaban J connectivity index is 2.26. The molecule has 1 aromatic carbocycles. The van der Waals surface area contributed by atoms with Gasteiger partial charge in [0.2, 0.25) is 5.91 Å². The predicted molar refractivity (Wildman–Crippen MR) is 79.1 cm³/mol. The summed E-state index contributed by atoms with van der Waals surface area (Å²) in [6, 6.07) is 9.78. The molecule has 102 valence electrons. The summed E-state index contributed by atoms with van der Waals surface area (Å²) in [5.74, 6) is 0.762. The first-order valence-corrected chi connectivity index (χ1v) is 6.53. The number of benzene rings is 1. The molecule has 5 heteroatoms. The number of aliphatic imine (C=N–C) groups is 1. The number of fused-ring (bicyclic) bond motifs is 1. The molecule has 0 N–H and O–H groups in total. The van der Waals surface area contributed by atoms with Crippen molar-refractivity contribution >= 4 is 23.1 Å². The van der Waals surface area contributed by atoms with Crippen LogP contribution in [0.25, 0.3) is 5.69 Å². The molecule has 20 heavy (non-hydrogen) atoms. The van der Waals surface area contributed by atoms with E-state index in [2.05, 4.69) is 10.1 Å². The summed E-state index contributed by atoms with van der Waals surface area (Å²) >= 11 is 0. The van der Waals surface area contributed by atoms with Crippen LogP contribution in [0.3, 0.4) is 0 Å². The van der Waals surface area contributed by atoms with Gasteiger partial charge in [0, 0.05) is 12.8 Å². The lowest BCUT2D eigenvalue weighted by Gasteiger charge is -2.17. The summed E-state index contributed by atoms with van der Waals surface area (Å²) in [7, 11) is 1.77. The third kappa shape index (κ3) is 1.91. The number of hydrogen-bond acceptors (Lipinski definition) is 3. The summed E-state index contributed by atoms with van der Waals surface area (Å²) in [6.07, 6.45) is 0.347. The van der Waals surface area contributed by atoms with E-state index in [4.69, 9.17) is 0 Å². The average molecular weight is 268 g/mol. The highest BCUT2D eigenvalue weighted by Crippen LogP contribution is 2.36. The predicted octanol–water partition coefficient (Wildman–Crippen LogP) is 2.64. The van der Waals surface area contributed by atoms with Crippen molar-refractivity contribution in [3.63, 3.8) is 0 Å². The molecule has 1 aliphatic rings. The highest BCUT2D eigenvalue weighted by atomic mass is 16.2. The van der Waals surface area contributed by atoms with Gasteiger partial charge in [-0.3, -0.25) is 14.7 Å². The second kappa shape index (κ2) is 4.59. The molecule has 1 aliphatic heterocycles. The third-order valence-electron chi connectivity index (χ3n) is 3.41. The second-order valence-corrected chi connectivity index (χ2v) is 4.98. The number of carbonyl (C=O) groups is 1. The van der Waals surface area contributed by atoms with Gasteiger partial charge in [0.25, 0.3) is 0 Å². The number of nitrogens with zero attached hydrogens (tertiary/aromatic N) is 4. The van der Waals surface area contributed by atoms with Gasteiger partial charge in [0.05, 0.1) is 17.8 Å². The fourth-order valence-electron chi connectivity index (χ4n) is 2.37. The molecular formula is C15H16N4O. The van der Waals surface area contributed by atoms with E-state index in [-0.39, 0.29) is 5.91 Å². The molecular weight excluding hydrogens is 252 g/mol. The molecule has 0 atom stereocenters. The molecule has 2 heterocycles. The molecule has 0 fully saturated rings. The lowest BCUT2D eigenvalue weighted by Crippen LogP contribution is -2.28. The standard InChI is InChI=1S/C15H16N4O/c1-10-9-13(20)18(3)15-14(16-10)11(2)17-19(15)12-7-5-4-6-8-12/h4-8H,9H2,1-3H3. The van der Waals surface area contributed by atoms with Crippen molar-refractivity contribution in [2.24, 2.45) is 4.99 Å². The number of anilines is 1. The number of aromatic nitrogens is 2. The summed E-state index contributed by atoms with van der Waals surface area (Å²) in [5.41, 5.74) is 3.34. The lowest BCUT2D eigenvalue weighted by atomic mass is 10.3.